The quantitative estimate of drug-likeness (QED) is 0.894. The molecule has 1 amide bonds. The zero-order valence-corrected chi connectivity index (χ0v) is 11.2. The molecule has 0 radical (unpaired) electrons. The van der Waals surface area contributed by atoms with Gasteiger partial charge in [-0.1, -0.05) is 6.07 Å². The Hall–Kier alpha value is -2.14. The number of aromatic nitrogens is 2. The van der Waals surface area contributed by atoms with Crippen LogP contribution in [0.25, 0.3) is 5.69 Å². The summed E-state index contributed by atoms with van der Waals surface area (Å²) in [7, 11) is 0. The largest absolute Gasteiger partial charge is 0.326 e. The molecule has 20 heavy (non-hydrogen) atoms. The molecule has 1 aliphatic heterocycles. The van der Waals surface area contributed by atoms with E-state index in [1.807, 2.05) is 36.5 Å². The number of anilines is 1. The van der Waals surface area contributed by atoms with E-state index in [2.05, 4.69) is 15.7 Å². The number of nitrogens with one attached hydrogen (secondary N) is 2. The van der Waals surface area contributed by atoms with Gasteiger partial charge in [0.2, 0.25) is 5.91 Å². The molecular weight excluding hydrogens is 252 g/mol. The fraction of sp³-hybridized carbons (Fsp3) is 0.333. The van der Waals surface area contributed by atoms with Crippen LogP contribution in [-0.4, -0.2) is 28.8 Å². The molecule has 2 heterocycles. The van der Waals surface area contributed by atoms with E-state index in [0.29, 0.717) is 0 Å². The van der Waals surface area contributed by atoms with Gasteiger partial charge >= 0.3 is 0 Å². The Kier molecular flexibility index (Phi) is 3.78. The number of carbonyl (C=O) groups is 1. The van der Waals surface area contributed by atoms with Crippen LogP contribution in [0.5, 0.6) is 0 Å². The van der Waals surface area contributed by atoms with Crippen molar-refractivity contribution in [3.63, 3.8) is 0 Å². The summed E-state index contributed by atoms with van der Waals surface area (Å²) in [6, 6.07) is 9.61. The minimum Gasteiger partial charge on any atom is -0.326 e. The molecule has 3 rings (SSSR count). The van der Waals surface area contributed by atoms with E-state index in [1.165, 1.54) is 0 Å². The summed E-state index contributed by atoms with van der Waals surface area (Å²) in [6.07, 6.45) is 5.43. The Labute approximate surface area is 118 Å². The highest BCUT2D eigenvalue weighted by Crippen LogP contribution is 2.18. The molecule has 1 saturated heterocycles. The highest BCUT2D eigenvalue weighted by Gasteiger charge is 2.20. The third-order valence-electron chi connectivity index (χ3n) is 3.59. The first-order chi connectivity index (χ1) is 9.83. The SMILES string of the molecule is O=C(Nc1cccc(-n2cccn2)c1)C1CCNCC1. The van der Waals surface area contributed by atoms with Crippen LogP contribution in [-0.2, 0) is 4.79 Å². The number of nitrogens with zero attached hydrogens (tertiary/aromatic N) is 2. The van der Waals surface area contributed by atoms with Gasteiger partial charge in [-0.25, -0.2) is 4.68 Å². The normalized spacial score (nSPS) is 16.0. The molecule has 0 saturated carbocycles. The molecule has 0 atom stereocenters. The van der Waals surface area contributed by atoms with Crippen LogP contribution in [0.1, 0.15) is 12.8 Å². The van der Waals surface area contributed by atoms with Crippen LogP contribution in [0.15, 0.2) is 42.7 Å². The average Bonchev–Trinajstić information content (AvgIpc) is 3.03. The molecule has 0 bridgehead atoms. The maximum absolute atomic E-state index is 12.2. The van der Waals surface area contributed by atoms with E-state index in [9.17, 15) is 4.79 Å². The van der Waals surface area contributed by atoms with Gasteiger partial charge in [0.25, 0.3) is 0 Å². The van der Waals surface area contributed by atoms with Gasteiger partial charge in [-0.15, -0.1) is 0 Å². The van der Waals surface area contributed by atoms with E-state index in [-0.39, 0.29) is 11.8 Å². The van der Waals surface area contributed by atoms with Crippen molar-refractivity contribution in [2.75, 3.05) is 18.4 Å². The fourth-order valence-electron chi connectivity index (χ4n) is 2.48. The Bertz CT molecular complexity index is 573. The number of carbonyl (C=O) groups excluding carboxylic acids is 1. The lowest BCUT2D eigenvalue weighted by Crippen LogP contribution is -2.34. The summed E-state index contributed by atoms with van der Waals surface area (Å²) in [4.78, 5) is 12.2. The lowest BCUT2D eigenvalue weighted by molar-refractivity contribution is -0.120. The van der Waals surface area contributed by atoms with Gasteiger partial charge < -0.3 is 10.6 Å². The number of amides is 1. The summed E-state index contributed by atoms with van der Waals surface area (Å²) in [5.41, 5.74) is 1.76. The minimum absolute atomic E-state index is 0.115. The van der Waals surface area contributed by atoms with Crippen molar-refractivity contribution >= 4 is 11.6 Å². The molecule has 2 aromatic rings. The van der Waals surface area contributed by atoms with Gasteiger partial charge in [0.15, 0.2) is 0 Å². The molecule has 0 spiro atoms. The summed E-state index contributed by atoms with van der Waals surface area (Å²) in [5.74, 6) is 0.230. The van der Waals surface area contributed by atoms with Crippen LogP contribution >= 0.6 is 0 Å². The van der Waals surface area contributed by atoms with E-state index >= 15 is 0 Å². The lowest BCUT2D eigenvalue weighted by Gasteiger charge is -2.21. The van der Waals surface area contributed by atoms with Gasteiger partial charge in [-0.2, -0.15) is 5.10 Å². The molecular formula is C15H18N4O. The van der Waals surface area contributed by atoms with Crippen LogP contribution in [0.3, 0.4) is 0 Å². The van der Waals surface area contributed by atoms with Crippen LogP contribution in [0.4, 0.5) is 5.69 Å². The molecule has 1 aromatic heterocycles. The van der Waals surface area contributed by atoms with E-state index in [4.69, 9.17) is 0 Å². The number of benzene rings is 1. The number of rotatable bonds is 3. The van der Waals surface area contributed by atoms with E-state index in [1.54, 1.807) is 10.9 Å². The van der Waals surface area contributed by atoms with Gasteiger partial charge in [-0.3, -0.25) is 4.79 Å². The minimum atomic E-state index is 0.115. The second kappa shape index (κ2) is 5.88. The standard InChI is InChI=1S/C15H18N4O/c20-15(12-5-8-16-9-6-12)18-13-3-1-4-14(11-13)19-10-2-7-17-19/h1-4,7,10-12,16H,5-6,8-9H2,(H,18,20). The van der Waals surface area contributed by atoms with E-state index < -0.39 is 0 Å². The molecule has 5 nitrogen and oxygen atoms in total. The highest BCUT2D eigenvalue weighted by molar-refractivity contribution is 5.92. The number of piperidine rings is 1. The maximum atomic E-state index is 12.2. The van der Waals surface area contributed by atoms with Crippen LogP contribution in [0, 0.1) is 5.92 Å². The summed E-state index contributed by atoms with van der Waals surface area (Å²) >= 11 is 0. The highest BCUT2D eigenvalue weighted by atomic mass is 16.1. The van der Waals surface area contributed by atoms with Crippen molar-refractivity contribution < 1.29 is 4.79 Å². The molecule has 0 unspecified atom stereocenters. The summed E-state index contributed by atoms with van der Waals surface area (Å²) in [5, 5.41) is 10.5. The monoisotopic (exact) mass is 270 g/mol. The number of hydrogen-bond donors (Lipinski definition) is 2. The molecule has 1 fully saturated rings. The van der Waals surface area contributed by atoms with Crippen molar-refractivity contribution in [3.8, 4) is 5.69 Å². The van der Waals surface area contributed by atoms with Crippen molar-refractivity contribution in [2.24, 2.45) is 5.92 Å². The first-order valence-electron chi connectivity index (χ1n) is 6.94. The molecule has 2 N–H and O–H groups in total. The van der Waals surface area contributed by atoms with Crippen molar-refractivity contribution in [1.82, 2.24) is 15.1 Å². The smallest absolute Gasteiger partial charge is 0.227 e. The topological polar surface area (TPSA) is 59.0 Å². The third kappa shape index (κ3) is 2.88. The molecule has 1 aromatic carbocycles. The molecule has 0 aliphatic carbocycles. The Morgan fingerprint density at radius 1 is 1.30 bits per heavy atom. The second-order valence-electron chi connectivity index (χ2n) is 5.01. The Balaban J connectivity index is 1.71. The van der Waals surface area contributed by atoms with Crippen LogP contribution < -0.4 is 10.6 Å². The number of hydrogen-bond acceptors (Lipinski definition) is 3. The lowest BCUT2D eigenvalue weighted by atomic mass is 9.97. The second-order valence-corrected chi connectivity index (χ2v) is 5.01. The summed E-state index contributed by atoms with van der Waals surface area (Å²) in [6.45, 7) is 1.84. The van der Waals surface area contributed by atoms with Gasteiger partial charge in [0, 0.05) is 24.0 Å². The predicted octanol–water partition coefficient (Wildman–Crippen LogP) is 1.81. The molecule has 104 valence electrons. The predicted molar refractivity (Wildman–Crippen MR) is 77.8 cm³/mol. The fourth-order valence-corrected chi connectivity index (χ4v) is 2.48. The third-order valence-corrected chi connectivity index (χ3v) is 3.59. The first-order valence-corrected chi connectivity index (χ1v) is 6.94. The average molecular weight is 270 g/mol. The zero-order chi connectivity index (χ0) is 13.8. The molecule has 1 aliphatic rings. The Morgan fingerprint density at radius 3 is 2.90 bits per heavy atom. The Morgan fingerprint density at radius 2 is 2.15 bits per heavy atom. The van der Waals surface area contributed by atoms with Gasteiger partial charge in [-0.05, 0) is 50.2 Å². The summed E-state index contributed by atoms with van der Waals surface area (Å²) < 4.78 is 1.78. The van der Waals surface area contributed by atoms with Crippen molar-refractivity contribution in [2.45, 2.75) is 12.8 Å². The maximum Gasteiger partial charge on any atom is 0.227 e. The van der Waals surface area contributed by atoms with Crippen molar-refractivity contribution in [3.05, 3.63) is 42.7 Å². The molecule has 5 heteroatoms. The zero-order valence-electron chi connectivity index (χ0n) is 11.2. The van der Waals surface area contributed by atoms with Crippen molar-refractivity contribution in [1.29, 1.82) is 0 Å². The van der Waals surface area contributed by atoms with E-state index in [0.717, 1.165) is 37.3 Å². The van der Waals surface area contributed by atoms with Gasteiger partial charge in [0.1, 0.15) is 0 Å². The van der Waals surface area contributed by atoms with Gasteiger partial charge in [0.05, 0.1) is 5.69 Å². The van der Waals surface area contributed by atoms with Crippen LogP contribution in [0.2, 0.25) is 0 Å². The first kappa shape index (κ1) is 12.9.